The third kappa shape index (κ3) is 3.60. The lowest BCUT2D eigenvalue weighted by Crippen LogP contribution is -3.00. The average molecular weight is 266 g/mol. The predicted octanol–water partition coefficient (Wildman–Crippen LogP) is -0.581. The maximum atomic E-state index is 10.5. The second kappa shape index (κ2) is 6.81. The molecule has 0 unspecified atom stereocenters. The largest absolute Gasteiger partial charge is 1.00 e. The molecule has 0 bridgehead atoms. The van der Waals surface area contributed by atoms with E-state index < -0.39 is 5.97 Å². The maximum Gasteiger partial charge on any atom is 0.303 e. The lowest BCUT2D eigenvalue weighted by molar-refractivity contribution is -0.137. The van der Waals surface area contributed by atoms with Crippen molar-refractivity contribution in [2.24, 2.45) is 0 Å². The Morgan fingerprint density at radius 3 is 2.67 bits per heavy atom. The number of hydrogen-bond donors (Lipinski definition) is 1. The number of imidazole rings is 1. The average Bonchev–Trinajstić information content (AvgIpc) is 2.78. The molecule has 0 aliphatic heterocycles. The van der Waals surface area contributed by atoms with Gasteiger partial charge in [0.25, 0.3) is 0 Å². The van der Waals surface area contributed by atoms with Crippen molar-refractivity contribution in [2.45, 2.75) is 19.4 Å². The number of carboxylic acid groups (broad SMARTS) is 1. The molecule has 1 N–H and O–H groups in total. The van der Waals surface area contributed by atoms with Crippen molar-refractivity contribution in [3.63, 3.8) is 0 Å². The van der Waals surface area contributed by atoms with Gasteiger partial charge in [-0.2, -0.15) is 0 Å². The van der Waals surface area contributed by atoms with E-state index in [1.807, 2.05) is 41.1 Å². The Morgan fingerprint density at radius 2 is 2.00 bits per heavy atom. The highest BCUT2D eigenvalue weighted by molar-refractivity contribution is 5.66. The van der Waals surface area contributed by atoms with E-state index in [1.54, 1.807) is 6.20 Å². The topological polar surface area (TPSA) is 55.1 Å². The lowest BCUT2D eigenvalue weighted by Gasteiger charge is -2.06. The fourth-order valence-electron chi connectivity index (χ4n) is 1.74. The summed E-state index contributed by atoms with van der Waals surface area (Å²) in [5.74, 6) is 0.127. The van der Waals surface area contributed by atoms with Gasteiger partial charge in [0, 0.05) is 30.9 Å². The Labute approximate surface area is 112 Å². The molecule has 0 atom stereocenters. The van der Waals surface area contributed by atoms with Crippen LogP contribution in [0.25, 0.3) is 11.4 Å². The summed E-state index contributed by atoms with van der Waals surface area (Å²) >= 11 is 0. The smallest absolute Gasteiger partial charge is 0.303 e. The fraction of sp³-hybridized carbons (Fsp3) is 0.231. The van der Waals surface area contributed by atoms with Gasteiger partial charge in [0.2, 0.25) is 0 Å². The number of carboxylic acids is 1. The van der Waals surface area contributed by atoms with Crippen molar-refractivity contribution < 1.29 is 22.3 Å². The van der Waals surface area contributed by atoms with Crippen molar-refractivity contribution in [3.8, 4) is 11.4 Å². The summed E-state index contributed by atoms with van der Waals surface area (Å²) < 4.78 is 1.98. The molecule has 0 aliphatic rings. The van der Waals surface area contributed by atoms with E-state index in [0.29, 0.717) is 13.0 Å². The van der Waals surface area contributed by atoms with Crippen LogP contribution in [-0.4, -0.2) is 20.6 Å². The first kappa shape index (κ1) is 14.3. The highest BCUT2D eigenvalue weighted by Gasteiger charge is 2.05. The predicted molar refractivity (Wildman–Crippen MR) is 64.5 cm³/mol. The third-order valence-electron chi connectivity index (χ3n) is 2.54. The lowest BCUT2D eigenvalue weighted by atomic mass is 10.2. The highest BCUT2D eigenvalue weighted by atomic mass is 35.5. The van der Waals surface area contributed by atoms with Gasteiger partial charge in [-0.3, -0.25) is 4.79 Å². The molecule has 18 heavy (non-hydrogen) atoms. The third-order valence-corrected chi connectivity index (χ3v) is 2.54. The van der Waals surface area contributed by atoms with Crippen LogP contribution < -0.4 is 12.4 Å². The number of benzene rings is 1. The zero-order valence-electron chi connectivity index (χ0n) is 9.79. The molecule has 0 radical (unpaired) electrons. The first-order chi connectivity index (χ1) is 8.27. The minimum Gasteiger partial charge on any atom is -1.00 e. The van der Waals surface area contributed by atoms with Crippen molar-refractivity contribution >= 4 is 5.97 Å². The van der Waals surface area contributed by atoms with Crippen LogP contribution in [0.5, 0.6) is 0 Å². The Hall–Kier alpha value is -1.81. The second-order valence-corrected chi connectivity index (χ2v) is 3.81. The summed E-state index contributed by atoms with van der Waals surface area (Å²) in [4.78, 5) is 14.8. The summed E-state index contributed by atoms with van der Waals surface area (Å²) in [7, 11) is 0. The molecule has 0 amide bonds. The highest BCUT2D eigenvalue weighted by Crippen LogP contribution is 2.17. The van der Waals surface area contributed by atoms with E-state index in [4.69, 9.17) is 5.11 Å². The summed E-state index contributed by atoms with van der Waals surface area (Å²) in [5.41, 5.74) is 1.05. The summed E-state index contributed by atoms with van der Waals surface area (Å²) in [5, 5.41) is 8.60. The summed E-state index contributed by atoms with van der Waals surface area (Å²) in [6.45, 7) is 0.677. The SMILES string of the molecule is O=C(O)CCCn1ccnc1-c1ccccc1.[Cl-]. The zero-order valence-corrected chi connectivity index (χ0v) is 10.5. The molecule has 0 spiro atoms. The second-order valence-electron chi connectivity index (χ2n) is 3.81. The van der Waals surface area contributed by atoms with E-state index in [9.17, 15) is 4.79 Å². The molecule has 1 aromatic heterocycles. The van der Waals surface area contributed by atoms with Gasteiger partial charge in [0.05, 0.1) is 0 Å². The van der Waals surface area contributed by atoms with Gasteiger partial charge < -0.3 is 22.1 Å². The van der Waals surface area contributed by atoms with Gasteiger partial charge in [-0.1, -0.05) is 30.3 Å². The number of aryl methyl sites for hydroxylation is 1. The first-order valence-corrected chi connectivity index (χ1v) is 5.56. The maximum absolute atomic E-state index is 10.5. The number of rotatable bonds is 5. The molecule has 2 rings (SSSR count). The molecule has 4 nitrogen and oxygen atoms in total. The van der Waals surface area contributed by atoms with Crippen molar-refractivity contribution in [3.05, 3.63) is 42.7 Å². The summed E-state index contributed by atoms with van der Waals surface area (Å²) in [6.07, 6.45) is 4.42. The first-order valence-electron chi connectivity index (χ1n) is 5.56. The Morgan fingerprint density at radius 1 is 1.28 bits per heavy atom. The molecule has 2 aromatic rings. The van der Waals surface area contributed by atoms with Crippen molar-refractivity contribution in [2.75, 3.05) is 0 Å². The minimum atomic E-state index is -0.758. The van der Waals surface area contributed by atoms with Crippen LogP contribution in [0.1, 0.15) is 12.8 Å². The number of carbonyl (C=O) groups is 1. The Balaban J connectivity index is 0.00000162. The van der Waals surface area contributed by atoms with E-state index in [-0.39, 0.29) is 18.8 Å². The number of aromatic nitrogens is 2. The zero-order chi connectivity index (χ0) is 12.1. The van der Waals surface area contributed by atoms with Crippen LogP contribution >= 0.6 is 0 Å². The van der Waals surface area contributed by atoms with Crippen LogP contribution in [0, 0.1) is 0 Å². The number of halogens is 1. The molecule has 0 fully saturated rings. The van der Waals surface area contributed by atoms with Crippen LogP contribution in [0.15, 0.2) is 42.7 Å². The van der Waals surface area contributed by atoms with Gasteiger partial charge >= 0.3 is 5.97 Å². The molecule has 0 saturated heterocycles. The quantitative estimate of drug-likeness (QED) is 0.787. The normalized spacial score (nSPS) is 9.78. The van der Waals surface area contributed by atoms with Crippen molar-refractivity contribution in [1.29, 1.82) is 0 Å². The van der Waals surface area contributed by atoms with Gasteiger partial charge in [0.1, 0.15) is 5.82 Å². The molecular weight excluding hydrogens is 252 g/mol. The molecular formula is C13H14ClN2O2-. The van der Waals surface area contributed by atoms with E-state index in [1.165, 1.54) is 0 Å². The minimum absolute atomic E-state index is 0. The molecule has 1 heterocycles. The van der Waals surface area contributed by atoms with Gasteiger partial charge in [-0.15, -0.1) is 0 Å². The van der Waals surface area contributed by atoms with E-state index in [2.05, 4.69) is 4.98 Å². The van der Waals surface area contributed by atoms with Crippen LogP contribution in [0.3, 0.4) is 0 Å². The van der Waals surface area contributed by atoms with Crippen molar-refractivity contribution in [1.82, 2.24) is 9.55 Å². The van der Waals surface area contributed by atoms with E-state index >= 15 is 0 Å². The van der Waals surface area contributed by atoms with Crippen LogP contribution in [0.2, 0.25) is 0 Å². The number of aliphatic carboxylic acids is 1. The van der Waals surface area contributed by atoms with Gasteiger partial charge in [0.15, 0.2) is 0 Å². The molecule has 96 valence electrons. The van der Waals surface area contributed by atoms with Crippen LogP contribution in [0.4, 0.5) is 0 Å². The Bertz CT molecular complexity index is 497. The van der Waals surface area contributed by atoms with Gasteiger partial charge in [-0.25, -0.2) is 4.98 Å². The van der Waals surface area contributed by atoms with E-state index in [0.717, 1.165) is 11.4 Å². The van der Waals surface area contributed by atoms with Crippen LogP contribution in [-0.2, 0) is 11.3 Å². The molecule has 0 aliphatic carbocycles. The number of nitrogens with zero attached hydrogens (tertiary/aromatic N) is 2. The number of hydrogen-bond acceptors (Lipinski definition) is 2. The van der Waals surface area contributed by atoms with Gasteiger partial charge in [-0.05, 0) is 6.42 Å². The standard InChI is InChI=1S/C13H14N2O2.ClH/c16-12(17)7-4-9-15-10-8-14-13(15)11-5-2-1-3-6-11;/h1-3,5-6,8,10H,4,7,9H2,(H,16,17);1H/p-1. The monoisotopic (exact) mass is 265 g/mol. The molecule has 1 aromatic carbocycles. The molecule has 5 heteroatoms. The summed E-state index contributed by atoms with van der Waals surface area (Å²) in [6, 6.07) is 9.88. The molecule has 0 saturated carbocycles. The fourth-order valence-corrected chi connectivity index (χ4v) is 1.74. The Kier molecular flexibility index (Phi) is 5.39.